The maximum Gasteiger partial charge on any atom is 0.211 e. The largest absolute Gasteiger partial charge is 0.411 e. The van der Waals surface area contributed by atoms with Crippen LogP contribution < -0.4 is 0 Å². The van der Waals surface area contributed by atoms with Crippen LogP contribution in [-0.4, -0.2) is 16.7 Å². The molecule has 0 radical (unpaired) electrons. The third-order valence-electron chi connectivity index (χ3n) is 2.05. The number of Topliss-reactive ketones (excluding diaryl/α,β-unsaturated/α-hetero) is 1. The normalized spacial score (nSPS) is 17.9. The Hall–Kier alpha value is -1.35. The number of nitrogens with zero attached hydrogens (tertiary/aromatic N) is 1. The van der Waals surface area contributed by atoms with Crippen LogP contribution in [0.2, 0.25) is 5.02 Å². The summed E-state index contributed by atoms with van der Waals surface area (Å²) < 4.78 is 0. The van der Waals surface area contributed by atoms with E-state index in [9.17, 15) is 4.79 Å². The van der Waals surface area contributed by atoms with Gasteiger partial charge in [0.1, 0.15) is 5.71 Å². The highest BCUT2D eigenvalue weighted by Crippen LogP contribution is 2.23. The summed E-state index contributed by atoms with van der Waals surface area (Å²) in [7, 11) is 0. The van der Waals surface area contributed by atoms with E-state index in [1.165, 1.54) is 0 Å². The molecule has 1 aliphatic carbocycles. The Morgan fingerprint density at radius 2 is 2.23 bits per heavy atom. The first-order chi connectivity index (χ1) is 6.22. The highest BCUT2D eigenvalue weighted by molar-refractivity contribution is 6.49. The summed E-state index contributed by atoms with van der Waals surface area (Å²) in [6.45, 7) is 0. The Labute approximate surface area is 79.6 Å². The van der Waals surface area contributed by atoms with Crippen molar-refractivity contribution < 1.29 is 10.0 Å². The van der Waals surface area contributed by atoms with Crippen LogP contribution in [0.4, 0.5) is 0 Å². The Morgan fingerprint density at radius 1 is 1.46 bits per heavy atom. The number of benzene rings is 1. The van der Waals surface area contributed by atoms with E-state index in [1.807, 2.05) is 0 Å². The van der Waals surface area contributed by atoms with Crippen LogP contribution in [0.15, 0.2) is 23.4 Å². The lowest BCUT2D eigenvalue weighted by Gasteiger charge is -1.94. The second kappa shape index (κ2) is 2.85. The average Bonchev–Trinajstić information content (AvgIpc) is 2.42. The van der Waals surface area contributed by atoms with Gasteiger partial charge in [-0.05, 0) is 23.8 Å². The maximum atomic E-state index is 11.4. The molecule has 0 bridgehead atoms. The number of halogens is 1. The van der Waals surface area contributed by atoms with E-state index < -0.39 is 0 Å². The van der Waals surface area contributed by atoms with Gasteiger partial charge in [-0.15, -0.1) is 0 Å². The van der Waals surface area contributed by atoms with Crippen molar-refractivity contribution in [3.63, 3.8) is 0 Å². The fourth-order valence-electron chi connectivity index (χ4n) is 1.43. The first-order valence-electron chi connectivity index (χ1n) is 3.76. The molecule has 1 N–H and O–H groups in total. The molecule has 0 spiro atoms. The van der Waals surface area contributed by atoms with E-state index in [0.717, 1.165) is 5.56 Å². The standard InChI is InChI=1S/C9H6ClNO2/c10-6-1-2-7-5(3-6)4-8(11-13)9(7)12/h1-3,13H,4H2. The summed E-state index contributed by atoms with van der Waals surface area (Å²) in [6, 6.07) is 5.02. The van der Waals surface area contributed by atoms with Crippen molar-refractivity contribution in [2.24, 2.45) is 5.16 Å². The van der Waals surface area contributed by atoms with Crippen molar-refractivity contribution in [1.82, 2.24) is 0 Å². The monoisotopic (exact) mass is 195 g/mol. The summed E-state index contributed by atoms with van der Waals surface area (Å²) in [6.07, 6.45) is 0.366. The molecule has 0 amide bonds. The van der Waals surface area contributed by atoms with Gasteiger partial charge in [-0.2, -0.15) is 0 Å². The van der Waals surface area contributed by atoms with Gasteiger partial charge in [0.15, 0.2) is 0 Å². The van der Waals surface area contributed by atoms with Crippen molar-refractivity contribution in [2.45, 2.75) is 6.42 Å². The molecule has 1 aromatic rings. The van der Waals surface area contributed by atoms with Crippen LogP contribution >= 0.6 is 11.6 Å². The number of ketones is 1. The topological polar surface area (TPSA) is 49.7 Å². The Kier molecular flexibility index (Phi) is 1.81. The molecule has 0 unspecified atom stereocenters. The number of carbonyl (C=O) groups is 1. The van der Waals surface area contributed by atoms with Crippen molar-refractivity contribution in [2.75, 3.05) is 0 Å². The molecule has 2 rings (SSSR count). The fourth-order valence-corrected chi connectivity index (χ4v) is 1.62. The van der Waals surface area contributed by atoms with E-state index in [2.05, 4.69) is 5.16 Å². The van der Waals surface area contributed by atoms with E-state index >= 15 is 0 Å². The van der Waals surface area contributed by atoms with Gasteiger partial charge in [0.05, 0.1) is 0 Å². The molecule has 0 aliphatic heterocycles. The van der Waals surface area contributed by atoms with Gasteiger partial charge in [-0.3, -0.25) is 4.79 Å². The van der Waals surface area contributed by atoms with Gasteiger partial charge in [-0.1, -0.05) is 16.8 Å². The number of hydrogen-bond donors (Lipinski definition) is 1. The summed E-state index contributed by atoms with van der Waals surface area (Å²) in [5.74, 6) is -0.214. The number of carbonyl (C=O) groups excluding carboxylic acids is 1. The van der Waals surface area contributed by atoms with Crippen LogP contribution in [0.3, 0.4) is 0 Å². The van der Waals surface area contributed by atoms with Gasteiger partial charge >= 0.3 is 0 Å². The van der Waals surface area contributed by atoms with E-state index in [4.69, 9.17) is 16.8 Å². The summed E-state index contributed by atoms with van der Waals surface area (Å²) in [5.41, 5.74) is 1.58. The first-order valence-corrected chi connectivity index (χ1v) is 4.14. The van der Waals surface area contributed by atoms with Crippen LogP contribution in [0.25, 0.3) is 0 Å². The number of fused-ring (bicyclic) bond motifs is 1. The number of hydrogen-bond acceptors (Lipinski definition) is 3. The van der Waals surface area contributed by atoms with Crippen molar-refractivity contribution in [3.8, 4) is 0 Å². The predicted octanol–water partition coefficient (Wildman–Crippen LogP) is 1.91. The molecule has 0 fully saturated rings. The van der Waals surface area contributed by atoms with Crippen molar-refractivity contribution in [1.29, 1.82) is 0 Å². The maximum absolute atomic E-state index is 11.4. The summed E-state index contributed by atoms with van der Waals surface area (Å²) in [5, 5.41) is 12.0. The van der Waals surface area contributed by atoms with Gasteiger partial charge < -0.3 is 5.21 Å². The second-order valence-corrected chi connectivity index (χ2v) is 3.29. The molecule has 1 aromatic carbocycles. The molecule has 66 valence electrons. The van der Waals surface area contributed by atoms with E-state index in [0.29, 0.717) is 17.0 Å². The minimum atomic E-state index is -0.214. The number of oxime groups is 1. The Balaban J connectivity index is 2.56. The lowest BCUT2D eigenvalue weighted by molar-refractivity contribution is 0.106. The Morgan fingerprint density at radius 3 is 2.92 bits per heavy atom. The predicted molar refractivity (Wildman–Crippen MR) is 48.7 cm³/mol. The van der Waals surface area contributed by atoms with Gasteiger partial charge in [0.25, 0.3) is 0 Å². The molecule has 1 aliphatic rings. The van der Waals surface area contributed by atoms with Gasteiger partial charge in [0, 0.05) is 17.0 Å². The van der Waals surface area contributed by atoms with E-state index in [-0.39, 0.29) is 11.5 Å². The van der Waals surface area contributed by atoms with Crippen molar-refractivity contribution >= 4 is 23.1 Å². The molecule has 0 aromatic heterocycles. The third kappa shape index (κ3) is 1.21. The van der Waals surface area contributed by atoms with Crippen molar-refractivity contribution in [3.05, 3.63) is 34.3 Å². The highest BCUT2D eigenvalue weighted by Gasteiger charge is 2.26. The SMILES string of the molecule is O=C1C(=NO)Cc2cc(Cl)ccc21. The van der Waals surface area contributed by atoms with Gasteiger partial charge in [-0.25, -0.2) is 0 Å². The molecular formula is C9H6ClNO2. The molecule has 0 saturated carbocycles. The zero-order valence-electron chi connectivity index (χ0n) is 6.62. The molecule has 0 atom stereocenters. The molecule has 0 saturated heterocycles. The molecule has 0 heterocycles. The molecular weight excluding hydrogens is 190 g/mol. The number of rotatable bonds is 0. The van der Waals surface area contributed by atoms with E-state index in [1.54, 1.807) is 18.2 Å². The zero-order valence-corrected chi connectivity index (χ0v) is 7.38. The quantitative estimate of drug-likeness (QED) is 0.508. The van der Waals surface area contributed by atoms with Crippen LogP contribution in [0, 0.1) is 0 Å². The molecule has 4 heteroatoms. The minimum Gasteiger partial charge on any atom is -0.411 e. The lowest BCUT2D eigenvalue weighted by atomic mass is 10.1. The smallest absolute Gasteiger partial charge is 0.211 e. The summed E-state index contributed by atoms with van der Waals surface area (Å²) in [4.78, 5) is 11.4. The van der Waals surface area contributed by atoms with Crippen LogP contribution in [-0.2, 0) is 6.42 Å². The lowest BCUT2D eigenvalue weighted by Crippen LogP contribution is -2.06. The molecule has 3 nitrogen and oxygen atoms in total. The second-order valence-electron chi connectivity index (χ2n) is 2.85. The van der Waals surface area contributed by atoms with Crippen LogP contribution in [0.1, 0.15) is 15.9 Å². The zero-order chi connectivity index (χ0) is 9.42. The summed E-state index contributed by atoms with van der Waals surface area (Å²) >= 11 is 5.75. The third-order valence-corrected chi connectivity index (χ3v) is 2.29. The molecule has 13 heavy (non-hydrogen) atoms. The average molecular weight is 196 g/mol. The minimum absolute atomic E-state index is 0.178. The van der Waals surface area contributed by atoms with Crippen LogP contribution in [0.5, 0.6) is 0 Å². The fraction of sp³-hybridized carbons (Fsp3) is 0.111. The van der Waals surface area contributed by atoms with Gasteiger partial charge in [0.2, 0.25) is 5.78 Å². The highest BCUT2D eigenvalue weighted by atomic mass is 35.5. The first kappa shape index (κ1) is 8.26. The Bertz CT molecular complexity index is 412.